The predicted octanol–water partition coefficient (Wildman–Crippen LogP) is 1.50. The third kappa shape index (κ3) is 2.03. The van der Waals surface area contributed by atoms with Crippen LogP contribution in [0.5, 0.6) is 0 Å². The monoisotopic (exact) mass is 301 g/mol. The van der Waals surface area contributed by atoms with Crippen LogP contribution >= 0.6 is 27.3 Å². The number of aryl methyl sites for hydroxylation is 2. The van der Waals surface area contributed by atoms with Crippen LogP contribution in [0.15, 0.2) is 16.9 Å². The number of nitrogens with zero attached hydrogens (tertiary/aromatic N) is 3. The molecule has 2 heterocycles. The van der Waals surface area contributed by atoms with E-state index in [1.165, 1.54) is 0 Å². The van der Waals surface area contributed by atoms with Crippen molar-refractivity contribution in [1.29, 1.82) is 0 Å². The molecule has 0 radical (unpaired) electrons. The minimum atomic E-state index is -0.0897. The molecule has 86 valence electrons. The lowest BCUT2D eigenvalue weighted by Gasteiger charge is -2.14. The molecule has 0 aliphatic carbocycles. The van der Waals surface area contributed by atoms with Gasteiger partial charge in [0.1, 0.15) is 0 Å². The Labute approximate surface area is 106 Å². The van der Waals surface area contributed by atoms with Gasteiger partial charge in [0.2, 0.25) is 0 Å². The number of hydrogen-bond acceptors (Lipinski definition) is 5. The smallest absolute Gasteiger partial charge is 0.0997 e. The second-order valence-electron chi connectivity index (χ2n) is 3.38. The molecule has 0 spiro atoms. The van der Waals surface area contributed by atoms with E-state index < -0.39 is 0 Å². The minimum Gasteiger partial charge on any atom is -0.270 e. The van der Waals surface area contributed by atoms with Crippen molar-refractivity contribution in [2.45, 2.75) is 13.0 Å². The van der Waals surface area contributed by atoms with Crippen molar-refractivity contribution in [1.82, 2.24) is 20.2 Å². The lowest BCUT2D eigenvalue weighted by molar-refractivity contribution is 0.579. The predicted molar refractivity (Wildman–Crippen MR) is 66.9 cm³/mol. The Morgan fingerprint density at radius 3 is 2.75 bits per heavy atom. The van der Waals surface area contributed by atoms with E-state index in [0.717, 1.165) is 20.1 Å². The molecule has 0 aliphatic heterocycles. The van der Waals surface area contributed by atoms with Crippen molar-refractivity contribution in [3.8, 4) is 0 Å². The highest BCUT2D eigenvalue weighted by Gasteiger charge is 2.21. The Kier molecular flexibility index (Phi) is 3.38. The van der Waals surface area contributed by atoms with Crippen LogP contribution in [-0.4, -0.2) is 14.8 Å². The van der Waals surface area contributed by atoms with Gasteiger partial charge in [0.15, 0.2) is 0 Å². The van der Waals surface area contributed by atoms with E-state index in [4.69, 9.17) is 5.84 Å². The molecule has 0 fully saturated rings. The van der Waals surface area contributed by atoms with Crippen LogP contribution in [0.3, 0.4) is 0 Å². The molecule has 7 heteroatoms. The van der Waals surface area contributed by atoms with E-state index >= 15 is 0 Å². The van der Waals surface area contributed by atoms with Crippen molar-refractivity contribution in [3.05, 3.63) is 32.4 Å². The highest BCUT2D eigenvalue weighted by atomic mass is 79.9. The van der Waals surface area contributed by atoms with Gasteiger partial charge < -0.3 is 0 Å². The topological polar surface area (TPSA) is 68.8 Å². The summed E-state index contributed by atoms with van der Waals surface area (Å²) < 4.78 is 2.73. The van der Waals surface area contributed by atoms with E-state index in [1.807, 2.05) is 20.2 Å². The second-order valence-corrected chi connectivity index (χ2v) is 5.50. The largest absolute Gasteiger partial charge is 0.270 e. The molecule has 0 bridgehead atoms. The molecule has 1 atom stereocenters. The van der Waals surface area contributed by atoms with Crippen molar-refractivity contribution in [3.63, 3.8) is 0 Å². The Morgan fingerprint density at radius 2 is 2.31 bits per heavy atom. The summed E-state index contributed by atoms with van der Waals surface area (Å²) >= 11 is 5.09. The van der Waals surface area contributed by atoms with Crippen LogP contribution in [0.4, 0.5) is 0 Å². The van der Waals surface area contributed by atoms with E-state index in [9.17, 15) is 0 Å². The van der Waals surface area contributed by atoms with Gasteiger partial charge in [-0.25, -0.2) is 10.4 Å². The fourth-order valence-corrected chi connectivity index (χ4v) is 2.98. The molecular formula is C9H12BrN5S. The zero-order chi connectivity index (χ0) is 11.7. The average Bonchev–Trinajstić information content (AvgIpc) is 2.80. The van der Waals surface area contributed by atoms with Gasteiger partial charge in [0, 0.05) is 18.1 Å². The summed E-state index contributed by atoms with van der Waals surface area (Å²) in [4.78, 5) is 5.31. The molecule has 2 aromatic heterocycles. The maximum atomic E-state index is 5.61. The SMILES string of the molecule is Cc1ncc(C(NN)c2c(Br)cnn2C)s1. The number of thiazole rings is 1. The number of rotatable bonds is 3. The van der Waals surface area contributed by atoms with Crippen LogP contribution in [0.2, 0.25) is 0 Å². The molecule has 16 heavy (non-hydrogen) atoms. The number of nitrogens with one attached hydrogen (secondary N) is 1. The molecule has 0 aromatic carbocycles. The fourth-order valence-electron chi connectivity index (χ4n) is 1.55. The Bertz CT molecular complexity index is 472. The molecule has 5 nitrogen and oxygen atoms in total. The number of halogens is 1. The van der Waals surface area contributed by atoms with E-state index in [1.54, 1.807) is 22.2 Å². The first-order valence-corrected chi connectivity index (χ1v) is 6.30. The van der Waals surface area contributed by atoms with E-state index in [-0.39, 0.29) is 6.04 Å². The normalized spacial score (nSPS) is 13.0. The van der Waals surface area contributed by atoms with Gasteiger partial charge in [0.25, 0.3) is 0 Å². The number of hydrazine groups is 1. The second kappa shape index (κ2) is 4.62. The van der Waals surface area contributed by atoms with E-state index in [0.29, 0.717) is 0 Å². The molecule has 2 aromatic rings. The quantitative estimate of drug-likeness (QED) is 0.666. The number of nitrogens with two attached hydrogens (primary N) is 1. The molecule has 0 saturated heterocycles. The third-order valence-electron chi connectivity index (χ3n) is 2.30. The molecule has 0 aliphatic rings. The number of aromatic nitrogens is 3. The highest BCUT2D eigenvalue weighted by Crippen LogP contribution is 2.30. The van der Waals surface area contributed by atoms with Crippen LogP contribution < -0.4 is 11.3 Å². The molecule has 3 N–H and O–H groups in total. The maximum absolute atomic E-state index is 5.61. The Hall–Kier alpha value is -0.760. The highest BCUT2D eigenvalue weighted by molar-refractivity contribution is 9.10. The van der Waals surface area contributed by atoms with Gasteiger partial charge in [-0.3, -0.25) is 10.5 Å². The van der Waals surface area contributed by atoms with Gasteiger partial charge >= 0.3 is 0 Å². The summed E-state index contributed by atoms with van der Waals surface area (Å²) in [5.74, 6) is 5.61. The van der Waals surface area contributed by atoms with Crippen LogP contribution in [0, 0.1) is 6.92 Å². The third-order valence-corrected chi connectivity index (χ3v) is 3.89. The number of hydrogen-bond donors (Lipinski definition) is 2. The zero-order valence-electron chi connectivity index (χ0n) is 8.94. The summed E-state index contributed by atoms with van der Waals surface area (Å²) in [7, 11) is 1.89. The zero-order valence-corrected chi connectivity index (χ0v) is 11.3. The van der Waals surface area contributed by atoms with E-state index in [2.05, 4.69) is 31.4 Å². The van der Waals surface area contributed by atoms with Crippen molar-refractivity contribution in [2.24, 2.45) is 12.9 Å². The first-order valence-electron chi connectivity index (χ1n) is 4.69. The summed E-state index contributed by atoms with van der Waals surface area (Å²) in [6.45, 7) is 1.97. The van der Waals surface area contributed by atoms with Gasteiger partial charge in [-0.2, -0.15) is 5.10 Å². The van der Waals surface area contributed by atoms with Crippen LogP contribution in [-0.2, 0) is 7.05 Å². The van der Waals surface area contributed by atoms with Crippen molar-refractivity contribution < 1.29 is 0 Å². The molecule has 0 amide bonds. The molecule has 0 saturated carbocycles. The van der Waals surface area contributed by atoms with Gasteiger partial charge in [-0.15, -0.1) is 11.3 Å². The average molecular weight is 302 g/mol. The molecule has 2 rings (SSSR count). The van der Waals surface area contributed by atoms with Crippen LogP contribution in [0.25, 0.3) is 0 Å². The first kappa shape index (κ1) is 11.7. The first-order chi connectivity index (χ1) is 7.63. The van der Waals surface area contributed by atoms with Gasteiger partial charge in [-0.1, -0.05) is 0 Å². The summed E-state index contributed by atoms with van der Waals surface area (Å²) in [5, 5.41) is 5.20. The summed E-state index contributed by atoms with van der Waals surface area (Å²) in [6.07, 6.45) is 3.59. The standard InChI is InChI=1S/C9H12BrN5S/c1-5-12-4-7(16-5)8(14-11)9-6(10)3-13-15(9)2/h3-4,8,14H,11H2,1-2H3. The molecular weight excluding hydrogens is 290 g/mol. The Morgan fingerprint density at radius 1 is 1.56 bits per heavy atom. The van der Waals surface area contributed by atoms with Gasteiger partial charge in [0.05, 0.1) is 27.4 Å². The van der Waals surface area contributed by atoms with Gasteiger partial charge in [-0.05, 0) is 22.9 Å². The minimum absolute atomic E-state index is 0.0897. The van der Waals surface area contributed by atoms with Crippen molar-refractivity contribution in [2.75, 3.05) is 0 Å². The summed E-state index contributed by atoms with van der Waals surface area (Å²) in [6, 6.07) is -0.0897. The van der Waals surface area contributed by atoms with Crippen LogP contribution in [0.1, 0.15) is 21.6 Å². The maximum Gasteiger partial charge on any atom is 0.0997 e. The lowest BCUT2D eigenvalue weighted by Crippen LogP contribution is -2.30. The fraction of sp³-hybridized carbons (Fsp3) is 0.333. The Balaban J connectivity index is 2.44. The lowest BCUT2D eigenvalue weighted by atomic mass is 10.2. The van der Waals surface area contributed by atoms with Crippen molar-refractivity contribution >= 4 is 27.3 Å². The molecule has 1 unspecified atom stereocenters. The summed E-state index contributed by atoms with van der Waals surface area (Å²) in [5.41, 5.74) is 3.79.